The lowest BCUT2D eigenvalue weighted by molar-refractivity contribution is -0.149. The molecule has 0 spiro atoms. The van der Waals surface area contributed by atoms with Gasteiger partial charge in [-0.3, -0.25) is 4.79 Å². The molecule has 2 aliphatic rings. The van der Waals surface area contributed by atoms with Crippen molar-refractivity contribution in [1.29, 1.82) is 0 Å². The molecule has 166 valence electrons. The van der Waals surface area contributed by atoms with E-state index in [1.165, 1.54) is 5.56 Å². The molecular formula is C26H34N2O3. The number of hydrogen-bond donors (Lipinski definition) is 0. The van der Waals surface area contributed by atoms with Crippen molar-refractivity contribution in [3.05, 3.63) is 65.7 Å². The SMILES string of the molecule is COc1cccc([C@@]23CCN(C)C[C@@]2(OC)CC[C@@H](N(C)C(=O)c2ccccc2)C3)c1. The first kappa shape index (κ1) is 21.8. The van der Waals surface area contributed by atoms with E-state index in [0.717, 1.165) is 50.1 Å². The van der Waals surface area contributed by atoms with Crippen molar-refractivity contribution in [1.82, 2.24) is 9.80 Å². The van der Waals surface area contributed by atoms with Crippen molar-refractivity contribution >= 4 is 5.91 Å². The molecule has 0 bridgehead atoms. The van der Waals surface area contributed by atoms with Crippen LogP contribution in [-0.4, -0.2) is 68.8 Å². The van der Waals surface area contributed by atoms with Crippen molar-refractivity contribution in [3.8, 4) is 5.75 Å². The summed E-state index contributed by atoms with van der Waals surface area (Å²) in [6.45, 7) is 1.90. The Labute approximate surface area is 185 Å². The van der Waals surface area contributed by atoms with Gasteiger partial charge in [0.15, 0.2) is 0 Å². The number of carbonyl (C=O) groups is 1. The van der Waals surface area contributed by atoms with Gasteiger partial charge < -0.3 is 19.3 Å². The molecule has 1 aliphatic carbocycles. The van der Waals surface area contributed by atoms with E-state index in [9.17, 15) is 4.79 Å². The van der Waals surface area contributed by atoms with Gasteiger partial charge in [-0.05, 0) is 69.1 Å². The van der Waals surface area contributed by atoms with E-state index in [1.54, 1.807) is 7.11 Å². The number of nitrogens with zero attached hydrogens (tertiary/aromatic N) is 2. The summed E-state index contributed by atoms with van der Waals surface area (Å²) in [5, 5.41) is 0. The van der Waals surface area contributed by atoms with Gasteiger partial charge in [-0.1, -0.05) is 30.3 Å². The fourth-order valence-electron chi connectivity index (χ4n) is 5.88. The fourth-order valence-corrected chi connectivity index (χ4v) is 5.88. The van der Waals surface area contributed by atoms with Gasteiger partial charge in [0.25, 0.3) is 5.91 Å². The molecule has 1 saturated heterocycles. The van der Waals surface area contributed by atoms with Crippen LogP contribution in [0.15, 0.2) is 54.6 Å². The van der Waals surface area contributed by atoms with Crippen LogP contribution in [0.3, 0.4) is 0 Å². The molecule has 2 fully saturated rings. The van der Waals surface area contributed by atoms with Crippen LogP contribution in [0.25, 0.3) is 0 Å². The Bertz CT molecular complexity index is 918. The quantitative estimate of drug-likeness (QED) is 0.731. The number of methoxy groups -OCH3 is 2. The summed E-state index contributed by atoms with van der Waals surface area (Å²) in [7, 11) is 7.69. The second-order valence-electron chi connectivity index (χ2n) is 9.18. The molecule has 5 nitrogen and oxygen atoms in total. The molecule has 4 rings (SSSR count). The van der Waals surface area contributed by atoms with Gasteiger partial charge in [0, 0.05) is 37.7 Å². The monoisotopic (exact) mass is 422 g/mol. The van der Waals surface area contributed by atoms with Gasteiger partial charge in [0.2, 0.25) is 0 Å². The molecule has 3 atom stereocenters. The Hall–Kier alpha value is -2.37. The lowest BCUT2D eigenvalue weighted by Crippen LogP contribution is -2.67. The predicted molar refractivity (Wildman–Crippen MR) is 123 cm³/mol. The number of fused-ring (bicyclic) bond motifs is 1. The minimum atomic E-state index is -0.278. The molecular weight excluding hydrogens is 388 g/mol. The van der Waals surface area contributed by atoms with E-state index < -0.39 is 0 Å². The standard InChI is InChI=1S/C26H34N2O3/c1-27-16-15-25(21-11-8-12-23(17-21)30-3)18-22(13-14-26(25,19-27)31-4)28(2)24(29)20-9-6-5-7-10-20/h5-12,17,22H,13-16,18-19H2,1-4H3/t22-,25+,26+/m1/s1. The van der Waals surface area contributed by atoms with E-state index in [0.29, 0.717) is 0 Å². The van der Waals surface area contributed by atoms with Gasteiger partial charge in [0.1, 0.15) is 5.75 Å². The molecule has 1 heterocycles. The van der Waals surface area contributed by atoms with Crippen molar-refractivity contribution in [2.24, 2.45) is 0 Å². The maximum Gasteiger partial charge on any atom is 0.253 e. The molecule has 0 unspecified atom stereocenters. The zero-order valence-corrected chi connectivity index (χ0v) is 19.1. The Morgan fingerprint density at radius 3 is 2.58 bits per heavy atom. The molecule has 2 aromatic carbocycles. The second kappa shape index (κ2) is 8.64. The highest BCUT2D eigenvalue weighted by Gasteiger charge is 2.59. The van der Waals surface area contributed by atoms with E-state index in [2.05, 4.69) is 30.1 Å². The zero-order chi connectivity index (χ0) is 22.1. The smallest absolute Gasteiger partial charge is 0.253 e. The molecule has 1 saturated carbocycles. The molecule has 31 heavy (non-hydrogen) atoms. The lowest BCUT2D eigenvalue weighted by Gasteiger charge is -2.60. The number of hydrogen-bond acceptors (Lipinski definition) is 4. The van der Waals surface area contributed by atoms with Crippen molar-refractivity contribution in [2.75, 3.05) is 41.4 Å². The Balaban J connectivity index is 1.72. The number of piperidine rings is 1. The van der Waals surface area contributed by atoms with Crippen LogP contribution in [0, 0.1) is 0 Å². The fraction of sp³-hybridized carbons (Fsp3) is 0.500. The molecule has 0 radical (unpaired) electrons. The first-order chi connectivity index (χ1) is 14.9. The van der Waals surface area contributed by atoms with Crippen LogP contribution in [-0.2, 0) is 10.2 Å². The third-order valence-electron chi connectivity index (χ3n) is 7.69. The normalized spacial score (nSPS) is 28.6. The van der Waals surface area contributed by atoms with Gasteiger partial charge in [-0.15, -0.1) is 0 Å². The number of ether oxygens (including phenoxy) is 2. The number of rotatable bonds is 5. The number of benzene rings is 2. The van der Waals surface area contributed by atoms with Gasteiger partial charge in [-0.25, -0.2) is 0 Å². The molecule has 0 aromatic heterocycles. The summed E-state index contributed by atoms with van der Waals surface area (Å²) in [5.41, 5.74) is 1.55. The number of amides is 1. The summed E-state index contributed by atoms with van der Waals surface area (Å²) < 4.78 is 11.9. The van der Waals surface area contributed by atoms with E-state index in [4.69, 9.17) is 9.47 Å². The molecule has 0 N–H and O–H groups in total. The first-order valence-electron chi connectivity index (χ1n) is 11.2. The predicted octanol–water partition coefficient (Wildman–Crippen LogP) is 3.98. The van der Waals surface area contributed by atoms with Gasteiger partial charge in [0.05, 0.1) is 12.7 Å². The minimum absolute atomic E-state index is 0.0873. The van der Waals surface area contributed by atoms with E-state index >= 15 is 0 Å². The molecule has 1 aliphatic heterocycles. The highest BCUT2D eigenvalue weighted by molar-refractivity contribution is 5.94. The number of likely N-dealkylation sites (tertiary alicyclic amines) is 1. The largest absolute Gasteiger partial charge is 0.497 e. The molecule has 5 heteroatoms. The molecule has 2 aromatic rings. The average Bonchev–Trinajstić information content (AvgIpc) is 2.83. The van der Waals surface area contributed by atoms with E-state index in [-0.39, 0.29) is 23.0 Å². The van der Waals surface area contributed by atoms with Crippen molar-refractivity contribution in [2.45, 2.75) is 42.7 Å². The average molecular weight is 423 g/mol. The third-order valence-corrected chi connectivity index (χ3v) is 7.69. The Morgan fingerprint density at radius 1 is 1.10 bits per heavy atom. The van der Waals surface area contributed by atoms with Crippen LogP contribution in [0.5, 0.6) is 5.75 Å². The first-order valence-corrected chi connectivity index (χ1v) is 11.2. The van der Waals surface area contributed by atoms with Crippen LogP contribution in [0.4, 0.5) is 0 Å². The maximum atomic E-state index is 13.2. The number of carbonyl (C=O) groups excluding carboxylic acids is 1. The highest BCUT2D eigenvalue weighted by Crippen LogP contribution is 2.54. The zero-order valence-electron chi connectivity index (χ0n) is 19.1. The summed E-state index contributed by atoms with van der Waals surface area (Å²) in [6, 6.07) is 18.2. The van der Waals surface area contributed by atoms with Crippen molar-refractivity contribution in [3.63, 3.8) is 0 Å². The van der Waals surface area contributed by atoms with E-state index in [1.807, 2.05) is 55.5 Å². The van der Waals surface area contributed by atoms with Crippen LogP contribution >= 0.6 is 0 Å². The highest BCUT2D eigenvalue weighted by atomic mass is 16.5. The Kier molecular flexibility index (Phi) is 6.09. The topological polar surface area (TPSA) is 42.0 Å². The summed E-state index contributed by atoms with van der Waals surface area (Å²) in [4.78, 5) is 17.5. The summed E-state index contributed by atoms with van der Waals surface area (Å²) in [5.74, 6) is 0.955. The van der Waals surface area contributed by atoms with Crippen LogP contribution in [0.1, 0.15) is 41.6 Å². The van der Waals surface area contributed by atoms with Crippen LogP contribution < -0.4 is 4.74 Å². The minimum Gasteiger partial charge on any atom is -0.497 e. The number of likely N-dealkylation sites (N-methyl/N-ethyl adjacent to an activating group) is 1. The second-order valence-corrected chi connectivity index (χ2v) is 9.18. The Morgan fingerprint density at radius 2 is 1.87 bits per heavy atom. The maximum absolute atomic E-state index is 13.2. The van der Waals surface area contributed by atoms with Gasteiger partial charge in [-0.2, -0.15) is 0 Å². The van der Waals surface area contributed by atoms with Crippen molar-refractivity contribution < 1.29 is 14.3 Å². The molecule has 1 amide bonds. The summed E-state index contributed by atoms with van der Waals surface area (Å²) in [6.07, 6.45) is 3.73. The third kappa shape index (κ3) is 3.74. The van der Waals surface area contributed by atoms with Crippen LogP contribution in [0.2, 0.25) is 0 Å². The van der Waals surface area contributed by atoms with Gasteiger partial charge >= 0.3 is 0 Å². The summed E-state index contributed by atoms with van der Waals surface area (Å²) >= 11 is 0. The lowest BCUT2D eigenvalue weighted by atomic mass is 9.55.